The molecular formula is C51H54N10O6. The number of fused-ring (bicyclic) bond motifs is 1. The minimum absolute atomic E-state index is 0.143. The van der Waals surface area contributed by atoms with Gasteiger partial charge in [-0.1, -0.05) is 105 Å². The number of hydrogen-bond acceptors (Lipinski definition) is 9. The molecule has 0 aliphatic carbocycles. The number of rotatable bonds is 12. The third kappa shape index (κ3) is 8.74. The van der Waals surface area contributed by atoms with Crippen LogP contribution in [-0.2, 0) is 26.1 Å². The van der Waals surface area contributed by atoms with Gasteiger partial charge in [-0.2, -0.15) is 0 Å². The standard InChI is InChI=1S/C51H54N10O6/c1-30(2)41(57-50(64)66-4)48(62)60-26-12-19-40(60)46-53-29-38(55-46)36-25-24-35(44-43(36)56-47(59(44)3)34-16-10-7-11-17-34)31-20-22-32(23-21-31)37-28-52-45(54-37)39-18-13-27-61(39)49(63)42(58-51(65)67-5)33-14-8-6-9-15-33/h6-11,14-17,20-25,28-30,39-42H,12-13,18-19,26-27H2,1-5H3,(H,52,54)(H,53,55)(H,57,64)(H,58,65)/t39-,40-,41-,42+/m0/s1. The van der Waals surface area contributed by atoms with Crippen molar-refractivity contribution in [2.75, 3.05) is 27.3 Å². The molecule has 2 saturated heterocycles. The van der Waals surface area contributed by atoms with E-state index in [4.69, 9.17) is 24.4 Å². The van der Waals surface area contributed by atoms with Crippen molar-refractivity contribution in [2.24, 2.45) is 13.0 Å². The summed E-state index contributed by atoms with van der Waals surface area (Å²) in [4.78, 5) is 78.0. The van der Waals surface area contributed by atoms with Crippen LogP contribution in [0.25, 0.3) is 56.1 Å². The Kier molecular flexibility index (Phi) is 12.6. The number of likely N-dealkylation sites (tertiary alicyclic amines) is 2. The summed E-state index contributed by atoms with van der Waals surface area (Å²) < 4.78 is 11.8. The summed E-state index contributed by atoms with van der Waals surface area (Å²) in [6.45, 7) is 4.89. The molecule has 4 aromatic carbocycles. The van der Waals surface area contributed by atoms with Crippen LogP contribution >= 0.6 is 0 Å². The Balaban J connectivity index is 1.00. The monoisotopic (exact) mass is 902 g/mol. The van der Waals surface area contributed by atoms with Crippen LogP contribution in [0, 0.1) is 5.92 Å². The quantitative estimate of drug-likeness (QED) is 0.0931. The highest BCUT2D eigenvalue weighted by Gasteiger charge is 2.39. The molecule has 4 atom stereocenters. The number of aromatic nitrogens is 6. The predicted molar refractivity (Wildman–Crippen MR) is 253 cm³/mol. The van der Waals surface area contributed by atoms with E-state index in [1.54, 1.807) is 11.1 Å². The number of hydrogen-bond donors (Lipinski definition) is 4. The van der Waals surface area contributed by atoms with Gasteiger partial charge in [-0.25, -0.2) is 24.5 Å². The highest BCUT2D eigenvalue weighted by Crippen LogP contribution is 2.40. The van der Waals surface area contributed by atoms with Crippen molar-refractivity contribution in [3.8, 4) is 45.0 Å². The van der Waals surface area contributed by atoms with Crippen LogP contribution in [0.3, 0.4) is 0 Å². The molecule has 4 N–H and O–H groups in total. The number of ether oxygens (including phenoxy) is 2. The minimum atomic E-state index is -0.904. The number of carbonyl (C=O) groups is 4. The molecule has 5 heterocycles. The largest absolute Gasteiger partial charge is 0.453 e. The molecule has 2 aliphatic rings. The van der Waals surface area contributed by atoms with Crippen LogP contribution in [0.15, 0.2) is 109 Å². The van der Waals surface area contributed by atoms with Crippen LogP contribution in [0.5, 0.6) is 0 Å². The molecule has 0 radical (unpaired) electrons. The van der Waals surface area contributed by atoms with Crippen molar-refractivity contribution in [1.29, 1.82) is 0 Å². The highest BCUT2D eigenvalue weighted by molar-refractivity contribution is 6.02. The molecule has 16 heteroatoms. The number of carbonyl (C=O) groups excluding carboxylic acids is 4. The first kappa shape index (κ1) is 44.5. The molecule has 0 spiro atoms. The summed E-state index contributed by atoms with van der Waals surface area (Å²) in [5.41, 5.74) is 8.77. The second kappa shape index (κ2) is 19.0. The van der Waals surface area contributed by atoms with Crippen molar-refractivity contribution in [3.63, 3.8) is 0 Å². The third-order valence-corrected chi connectivity index (χ3v) is 13.0. The lowest BCUT2D eigenvalue weighted by atomic mass is 9.99. The van der Waals surface area contributed by atoms with Crippen molar-refractivity contribution in [1.82, 2.24) is 49.9 Å². The van der Waals surface area contributed by atoms with Crippen LogP contribution in [0.2, 0.25) is 0 Å². The number of aryl methyl sites for hydroxylation is 1. The molecule has 0 bridgehead atoms. The van der Waals surface area contributed by atoms with Gasteiger partial charge in [0.15, 0.2) is 0 Å². The highest BCUT2D eigenvalue weighted by atomic mass is 16.5. The number of imidazole rings is 3. The summed E-state index contributed by atoms with van der Waals surface area (Å²) in [5.74, 6) is 1.63. The molecule has 16 nitrogen and oxygen atoms in total. The molecule has 2 fully saturated rings. The molecule has 344 valence electrons. The number of benzene rings is 4. The number of aromatic amines is 2. The number of H-pyrrole nitrogens is 2. The SMILES string of the molecule is COC(=O)N[C@H](C(=O)N1CCC[C@H]1c1ncc(-c2ccc(-c3ccc(-c4cnc([C@@H]5CCCN5C(=O)[C@H](NC(=O)OC)c5ccccc5)[nH]4)cc3)c3c2nc(-c2ccccc2)n3C)[nH]1)C(C)C. The van der Waals surface area contributed by atoms with Crippen molar-refractivity contribution < 1.29 is 28.7 Å². The lowest BCUT2D eigenvalue weighted by Gasteiger charge is -2.30. The van der Waals surface area contributed by atoms with Crippen molar-refractivity contribution in [3.05, 3.63) is 127 Å². The second-order valence-corrected chi connectivity index (χ2v) is 17.4. The maximum absolute atomic E-state index is 14.1. The Bertz CT molecular complexity index is 2910. The van der Waals surface area contributed by atoms with Crippen LogP contribution < -0.4 is 10.6 Å². The van der Waals surface area contributed by atoms with Crippen molar-refractivity contribution >= 4 is 35.0 Å². The summed E-state index contributed by atoms with van der Waals surface area (Å²) >= 11 is 0. The van der Waals surface area contributed by atoms with E-state index < -0.39 is 24.3 Å². The zero-order valence-corrected chi connectivity index (χ0v) is 38.2. The van der Waals surface area contributed by atoms with E-state index in [-0.39, 0.29) is 29.8 Å². The first-order chi connectivity index (χ1) is 32.5. The van der Waals surface area contributed by atoms with Crippen LogP contribution in [-0.4, -0.2) is 96.6 Å². The number of amides is 4. The molecular weight excluding hydrogens is 849 g/mol. The molecule has 7 aromatic rings. The lowest BCUT2D eigenvalue weighted by Crippen LogP contribution is -2.51. The summed E-state index contributed by atoms with van der Waals surface area (Å²) in [7, 11) is 4.60. The predicted octanol–water partition coefficient (Wildman–Crippen LogP) is 8.49. The number of nitrogens with one attached hydrogen (secondary N) is 4. The van der Waals surface area contributed by atoms with E-state index in [0.717, 1.165) is 81.7 Å². The average molecular weight is 903 g/mol. The van der Waals surface area contributed by atoms with E-state index >= 15 is 0 Å². The summed E-state index contributed by atoms with van der Waals surface area (Å²) in [6, 6.07) is 29.5. The Morgan fingerprint density at radius 3 is 1.84 bits per heavy atom. The smallest absolute Gasteiger partial charge is 0.407 e. The van der Waals surface area contributed by atoms with Gasteiger partial charge in [0.1, 0.15) is 29.6 Å². The Hall–Kier alpha value is -7.75. The van der Waals surface area contributed by atoms with E-state index in [9.17, 15) is 19.2 Å². The fourth-order valence-electron chi connectivity index (χ4n) is 9.52. The Labute approximate surface area is 388 Å². The number of nitrogens with zero attached hydrogens (tertiary/aromatic N) is 6. The molecule has 0 saturated carbocycles. The fraction of sp³-hybridized carbons (Fsp3) is 0.314. The lowest BCUT2D eigenvalue weighted by molar-refractivity contribution is -0.135. The van der Waals surface area contributed by atoms with Crippen LogP contribution in [0.4, 0.5) is 9.59 Å². The first-order valence-electron chi connectivity index (χ1n) is 22.6. The molecule has 3 aromatic heterocycles. The van der Waals surface area contributed by atoms with E-state index in [2.05, 4.69) is 73.7 Å². The van der Waals surface area contributed by atoms with E-state index in [0.29, 0.717) is 30.3 Å². The van der Waals surface area contributed by atoms with Crippen LogP contribution in [0.1, 0.15) is 74.9 Å². The maximum Gasteiger partial charge on any atom is 0.407 e. The number of alkyl carbamates (subject to hydrolysis) is 2. The Morgan fingerprint density at radius 1 is 0.657 bits per heavy atom. The maximum atomic E-state index is 14.1. The fourth-order valence-corrected chi connectivity index (χ4v) is 9.52. The topological polar surface area (TPSA) is 192 Å². The van der Waals surface area contributed by atoms with Gasteiger partial charge in [0.05, 0.1) is 61.1 Å². The molecule has 2 aliphatic heterocycles. The second-order valence-electron chi connectivity index (χ2n) is 17.4. The van der Waals surface area contributed by atoms with E-state index in [1.807, 2.05) is 80.5 Å². The third-order valence-electron chi connectivity index (χ3n) is 13.0. The summed E-state index contributed by atoms with van der Waals surface area (Å²) in [6.07, 6.45) is 5.36. The molecule has 9 rings (SSSR count). The molecule has 67 heavy (non-hydrogen) atoms. The average Bonchev–Trinajstić information content (AvgIpc) is 4.23. The zero-order valence-electron chi connectivity index (χ0n) is 38.2. The van der Waals surface area contributed by atoms with E-state index in [1.165, 1.54) is 14.2 Å². The van der Waals surface area contributed by atoms with Gasteiger partial charge in [-0.3, -0.25) is 9.59 Å². The normalized spacial score (nSPS) is 16.9. The molecule has 0 unspecified atom stereocenters. The van der Waals surface area contributed by atoms with Crippen molar-refractivity contribution in [2.45, 2.75) is 63.7 Å². The Morgan fingerprint density at radius 2 is 1.21 bits per heavy atom. The van der Waals surface area contributed by atoms with Gasteiger partial charge in [0.2, 0.25) is 5.91 Å². The number of methoxy groups -OCH3 is 2. The summed E-state index contributed by atoms with van der Waals surface area (Å²) in [5, 5.41) is 5.45. The van der Waals surface area contributed by atoms with Gasteiger partial charge in [0, 0.05) is 36.8 Å². The molecule has 4 amide bonds. The van der Waals surface area contributed by atoms with Gasteiger partial charge in [-0.15, -0.1) is 0 Å². The first-order valence-corrected chi connectivity index (χ1v) is 22.6. The van der Waals surface area contributed by atoms with Gasteiger partial charge in [-0.05, 0) is 54.4 Å². The van der Waals surface area contributed by atoms with Gasteiger partial charge in [0.25, 0.3) is 5.91 Å². The zero-order chi connectivity index (χ0) is 46.8. The van der Waals surface area contributed by atoms with Gasteiger partial charge < -0.3 is 44.4 Å². The minimum Gasteiger partial charge on any atom is -0.453 e. The van der Waals surface area contributed by atoms with Gasteiger partial charge >= 0.3 is 12.2 Å².